The molecule has 1 heterocycles. The van der Waals surface area contributed by atoms with Crippen LogP contribution in [-0.4, -0.2) is 52.0 Å². The molecule has 1 aliphatic rings. The predicted octanol–water partition coefficient (Wildman–Crippen LogP) is 2.12. The van der Waals surface area contributed by atoms with E-state index < -0.39 is 0 Å². The maximum atomic E-state index is 12.2. The van der Waals surface area contributed by atoms with E-state index in [1.165, 1.54) is 30.2 Å². The highest BCUT2D eigenvalue weighted by Crippen LogP contribution is 2.37. The van der Waals surface area contributed by atoms with Crippen LogP contribution in [0.4, 0.5) is 0 Å². The molecule has 1 N–H and O–H groups in total. The number of hydrogen-bond acceptors (Lipinski definition) is 5. The summed E-state index contributed by atoms with van der Waals surface area (Å²) in [6, 6.07) is 10.9. The van der Waals surface area contributed by atoms with Crippen molar-refractivity contribution in [2.24, 2.45) is 0 Å². The Morgan fingerprint density at radius 2 is 2.12 bits per heavy atom. The summed E-state index contributed by atoms with van der Waals surface area (Å²) in [4.78, 5) is 14.3. The standard InChI is InChI=1S/C17H23N5OS/c1-21(2)15(13-6-4-3-5-7-13)10-18-16(23)11-24-17-20-19-12-22(17)14-8-9-14/h3-7,12,14-15H,8-11H2,1-2H3,(H,18,23)/t15-/m1/s1. The Bertz CT molecular complexity index is 669. The topological polar surface area (TPSA) is 63.1 Å². The van der Waals surface area contributed by atoms with Crippen LogP contribution in [0.25, 0.3) is 0 Å². The van der Waals surface area contributed by atoms with Gasteiger partial charge < -0.3 is 14.8 Å². The van der Waals surface area contributed by atoms with E-state index >= 15 is 0 Å². The summed E-state index contributed by atoms with van der Waals surface area (Å²) >= 11 is 1.45. The first kappa shape index (κ1) is 17.0. The minimum Gasteiger partial charge on any atom is -0.353 e. The van der Waals surface area contributed by atoms with E-state index in [0.717, 1.165) is 5.16 Å². The van der Waals surface area contributed by atoms with Crippen LogP contribution in [0.5, 0.6) is 0 Å². The van der Waals surface area contributed by atoms with E-state index in [2.05, 4.69) is 37.1 Å². The molecule has 1 fully saturated rings. The van der Waals surface area contributed by atoms with Gasteiger partial charge in [0.05, 0.1) is 11.8 Å². The molecule has 7 heteroatoms. The van der Waals surface area contributed by atoms with Crippen LogP contribution < -0.4 is 5.32 Å². The average molecular weight is 345 g/mol. The minimum atomic E-state index is 0.0214. The molecule has 3 rings (SSSR count). The van der Waals surface area contributed by atoms with Crippen molar-refractivity contribution >= 4 is 17.7 Å². The Kier molecular flexibility index (Phi) is 5.52. The summed E-state index contributed by atoms with van der Waals surface area (Å²) in [5.74, 6) is 0.383. The molecule has 1 atom stereocenters. The van der Waals surface area contributed by atoms with Gasteiger partial charge >= 0.3 is 0 Å². The predicted molar refractivity (Wildman–Crippen MR) is 94.9 cm³/mol. The zero-order chi connectivity index (χ0) is 16.9. The lowest BCUT2D eigenvalue weighted by Crippen LogP contribution is -2.35. The quantitative estimate of drug-likeness (QED) is 0.743. The van der Waals surface area contributed by atoms with E-state index in [1.54, 1.807) is 6.33 Å². The number of benzene rings is 1. The van der Waals surface area contributed by atoms with Crippen molar-refractivity contribution in [1.29, 1.82) is 0 Å². The summed E-state index contributed by atoms with van der Waals surface area (Å²) in [5, 5.41) is 11.9. The maximum absolute atomic E-state index is 12.2. The number of nitrogens with one attached hydrogen (secondary N) is 1. The Labute approximate surface area is 146 Å². The molecule has 1 aromatic carbocycles. The molecule has 0 unspecified atom stereocenters. The summed E-state index contributed by atoms with van der Waals surface area (Å²) in [7, 11) is 4.05. The van der Waals surface area contributed by atoms with Crippen molar-refractivity contribution in [3.63, 3.8) is 0 Å². The van der Waals surface area contributed by atoms with Gasteiger partial charge in [-0.25, -0.2) is 0 Å². The lowest BCUT2D eigenvalue weighted by Gasteiger charge is -2.25. The monoisotopic (exact) mass is 345 g/mol. The number of amides is 1. The molecule has 1 amide bonds. The average Bonchev–Trinajstić information content (AvgIpc) is 3.32. The minimum absolute atomic E-state index is 0.0214. The number of aromatic nitrogens is 3. The van der Waals surface area contributed by atoms with Gasteiger partial charge in [0.25, 0.3) is 0 Å². The van der Waals surface area contributed by atoms with E-state index in [4.69, 9.17) is 0 Å². The SMILES string of the molecule is CN(C)[C@H](CNC(=O)CSc1nncn1C1CC1)c1ccccc1. The molecule has 1 saturated carbocycles. The highest BCUT2D eigenvalue weighted by atomic mass is 32.2. The summed E-state index contributed by atoms with van der Waals surface area (Å²) in [6.45, 7) is 0.589. The number of carbonyl (C=O) groups is 1. The summed E-state index contributed by atoms with van der Waals surface area (Å²) in [6.07, 6.45) is 4.12. The van der Waals surface area contributed by atoms with Gasteiger partial charge in [-0.3, -0.25) is 4.79 Å². The number of carbonyl (C=O) groups excluding carboxylic acids is 1. The van der Waals surface area contributed by atoms with Gasteiger partial charge in [0, 0.05) is 12.6 Å². The van der Waals surface area contributed by atoms with E-state index in [-0.39, 0.29) is 11.9 Å². The van der Waals surface area contributed by atoms with Crippen LogP contribution >= 0.6 is 11.8 Å². The number of thioether (sulfide) groups is 1. The molecule has 6 nitrogen and oxygen atoms in total. The van der Waals surface area contributed by atoms with Crippen LogP contribution in [0.1, 0.15) is 30.5 Å². The smallest absolute Gasteiger partial charge is 0.230 e. The highest BCUT2D eigenvalue weighted by Gasteiger charge is 2.26. The first-order valence-electron chi connectivity index (χ1n) is 8.15. The van der Waals surface area contributed by atoms with Crippen LogP contribution in [0.3, 0.4) is 0 Å². The molecule has 0 bridgehead atoms. The fraction of sp³-hybridized carbons (Fsp3) is 0.471. The Morgan fingerprint density at radius 1 is 1.38 bits per heavy atom. The van der Waals surface area contributed by atoms with Crippen molar-refractivity contribution < 1.29 is 4.79 Å². The van der Waals surface area contributed by atoms with Gasteiger partial charge in [0.1, 0.15) is 6.33 Å². The molecule has 1 aliphatic carbocycles. The molecule has 128 valence electrons. The number of nitrogens with zero attached hydrogens (tertiary/aromatic N) is 4. The Morgan fingerprint density at radius 3 is 2.79 bits per heavy atom. The summed E-state index contributed by atoms with van der Waals surface area (Å²) < 4.78 is 2.07. The Hall–Kier alpha value is -1.86. The first-order chi connectivity index (χ1) is 11.6. The van der Waals surface area contributed by atoms with Crippen molar-refractivity contribution in [3.05, 3.63) is 42.2 Å². The van der Waals surface area contributed by atoms with Gasteiger partial charge in [-0.1, -0.05) is 42.1 Å². The molecular weight excluding hydrogens is 322 g/mol. The second kappa shape index (κ2) is 7.81. The van der Waals surface area contributed by atoms with Gasteiger partial charge in [-0.2, -0.15) is 0 Å². The van der Waals surface area contributed by atoms with Gasteiger partial charge in [-0.05, 0) is 32.5 Å². The number of hydrogen-bond donors (Lipinski definition) is 1. The largest absolute Gasteiger partial charge is 0.353 e. The lowest BCUT2D eigenvalue weighted by atomic mass is 10.1. The van der Waals surface area contributed by atoms with Crippen LogP contribution in [0, 0.1) is 0 Å². The lowest BCUT2D eigenvalue weighted by molar-refractivity contribution is -0.118. The van der Waals surface area contributed by atoms with Gasteiger partial charge in [-0.15, -0.1) is 10.2 Å². The third kappa shape index (κ3) is 4.36. The zero-order valence-electron chi connectivity index (χ0n) is 14.1. The molecule has 0 saturated heterocycles. The van der Waals surface area contributed by atoms with Crippen molar-refractivity contribution in [2.45, 2.75) is 30.1 Å². The van der Waals surface area contributed by atoms with Crippen molar-refractivity contribution in [3.8, 4) is 0 Å². The second-order valence-electron chi connectivity index (χ2n) is 6.23. The normalized spacial score (nSPS) is 15.5. The van der Waals surface area contributed by atoms with E-state index in [1.807, 2.05) is 32.3 Å². The molecule has 24 heavy (non-hydrogen) atoms. The van der Waals surface area contributed by atoms with Gasteiger partial charge in [0.15, 0.2) is 5.16 Å². The third-order valence-corrected chi connectivity index (χ3v) is 5.07. The van der Waals surface area contributed by atoms with Gasteiger partial charge in [0.2, 0.25) is 5.91 Å². The first-order valence-corrected chi connectivity index (χ1v) is 9.14. The molecule has 0 radical (unpaired) electrons. The molecule has 0 aliphatic heterocycles. The van der Waals surface area contributed by atoms with E-state index in [9.17, 15) is 4.79 Å². The molecule has 0 spiro atoms. The van der Waals surface area contributed by atoms with Crippen LogP contribution in [0.2, 0.25) is 0 Å². The molecule has 1 aromatic heterocycles. The maximum Gasteiger partial charge on any atom is 0.230 e. The van der Waals surface area contributed by atoms with Crippen LogP contribution in [-0.2, 0) is 4.79 Å². The van der Waals surface area contributed by atoms with Crippen LogP contribution in [0.15, 0.2) is 41.8 Å². The molecular formula is C17H23N5OS. The third-order valence-electron chi connectivity index (χ3n) is 4.11. The number of rotatable bonds is 8. The fourth-order valence-electron chi connectivity index (χ4n) is 2.60. The Balaban J connectivity index is 1.50. The second-order valence-corrected chi connectivity index (χ2v) is 7.18. The molecule has 2 aromatic rings. The fourth-order valence-corrected chi connectivity index (χ4v) is 3.42. The number of likely N-dealkylation sites (N-methyl/N-ethyl adjacent to an activating group) is 1. The van der Waals surface area contributed by atoms with E-state index in [0.29, 0.717) is 18.3 Å². The van der Waals surface area contributed by atoms with Crippen molar-refractivity contribution in [2.75, 3.05) is 26.4 Å². The van der Waals surface area contributed by atoms with Crippen molar-refractivity contribution in [1.82, 2.24) is 25.0 Å². The summed E-state index contributed by atoms with van der Waals surface area (Å²) in [5.41, 5.74) is 1.20. The highest BCUT2D eigenvalue weighted by molar-refractivity contribution is 7.99. The zero-order valence-corrected chi connectivity index (χ0v) is 14.9.